The largest absolute Gasteiger partial charge is 0.507 e. The summed E-state index contributed by atoms with van der Waals surface area (Å²) in [5.41, 5.74) is 3.12. The smallest absolute Gasteiger partial charge is 0.172 e. The van der Waals surface area contributed by atoms with E-state index in [0.717, 1.165) is 49.3 Å². The normalized spacial score (nSPS) is 21.7. The maximum Gasteiger partial charge on any atom is 0.172 e. The molecule has 0 radical (unpaired) electrons. The zero-order valence-corrected chi connectivity index (χ0v) is 22.2. The fraction of sp³-hybridized carbons (Fsp3) is 0.643. The van der Waals surface area contributed by atoms with Crippen molar-refractivity contribution in [1.82, 2.24) is 25.3 Å². The van der Waals surface area contributed by atoms with Gasteiger partial charge in [-0.15, -0.1) is 10.2 Å². The Labute approximate surface area is 216 Å². The average Bonchev–Trinajstić information content (AvgIpc) is 2.87. The lowest BCUT2D eigenvalue weighted by Gasteiger charge is -2.63. The molecule has 0 unspecified atom stereocenters. The first-order chi connectivity index (χ1) is 17.6. The number of phenolic OH excluding ortho intramolecular Hbond substituents is 1. The molecule has 0 atom stereocenters. The van der Waals surface area contributed by atoms with Gasteiger partial charge in [0.25, 0.3) is 0 Å². The number of aromatic hydroxyl groups is 1. The number of hydrogen-bond donors (Lipinski definition) is 3. The predicted molar refractivity (Wildman–Crippen MR) is 147 cm³/mol. The number of phenols is 1. The number of aromatic nitrogens is 2. The van der Waals surface area contributed by atoms with Gasteiger partial charge in [0.2, 0.25) is 0 Å². The Bertz CT molecular complexity index is 1010. The monoisotopic (exact) mass is 493 g/mol. The molecule has 8 nitrogen and oxygen atoms in total. The van der Waals surface area contributed by atoms with Gasteiger partial charge in [-0.3, -0.25) is 4.90 Å². The van der Waals surface area contributed by atoms with E-state index in [0.29, 0.717) is 17.2 Å². The fourth-order valence-corrected chi connectivity index (χ4v) is 6.45. The van der Waals surface area contributed by atoms with Gasteiger partial charge >= 0.3 is 0 Å². The first-order valence-corrected chi connectivity index (χ1v) is 13.9. The number of piperidine rings is 1. The molecule has 1 saturated carbocycles. The summed E-state index contributed by atoms with van der Waals surface area (Å²) >= 11 is 0. The van der Waals surface area contributed by atoms with E-state index in [1.165, 1.54) is 51.9 Å². The highest BCUT2D eigenvalue weighted by Gasteiger charge is 2.54. The van der Waals surface area contributed by atoms with Crippen LogP contribution in [0.1, 0.15) is 39.5 Å². The van der Waals surface area contributed by atoms with E-state index in [4.69, 9.17) is 0 Å². The number of para-hydroxylation sites is 1. The zero-order valence-electron chi connectivity index (χ0n) is 22.2. The third kappa shape index (κ3) is 5.04. The van der Waals surface area contributed by atoms with Crippen LogP contribution < -0.4 is 15.5 Å². The van der Waals surface area contributed by atoms with Crippen molar-refractivity contribution in [2.75, 3.05) is 69.6 Å². The van der Waals surface area contributed by atoms with Crippen LogP contribution in [0.2, 0.25) is 0 Å². The fourth-order valence-electron chi connectivity index (χ4n) is 6.45. The van der Waals surface area contributed by atoms with Gasteiger partial charge < -0.3 is 25.5 Å². The lowest BCUT2D eigenvalue weighted by Crippen LogP contribution is -2.68. The second-order valence-electron chi connectivity index (χ2n) is 10.8. The summed E-state index contributed by atoms with van der Waals surface area (Å²) < 4.78 is 0. The minimum Gasteiger partial charge on any atom is -0.507 e. The van der Waals surface area contributed by atoms with Crippen LogP contribution in [-0.2, 0) is 0 Å². The topological polar surface area (TPSA) is 79.8 Å². The van der Waals surface area contributed by atoms with Crippen LogP contribution >= 0.6 is 0 Å². The number of rotatable bonds is 6. The van der Waals surface area contributed by atoms with Crippen molar-refractivity contribution >= 4 is 11.5 Å². The molecule has 1 aromatic heterocycles. The number of nitrogens with one attached hydrogen (secondary N) is 2. The number of hydrogen-bond acceptors (Lipinski definition) is 8. The Hall–Kier alpha value is -2.42. The molecule has 1 spiro atoms. The Morgan fingerprint density at radius 2 is 1.83 bits per heavy atom. The van der Waals surface area contributed by atoms with Crippen LogP contribution in [0.5, 0.6) is 5.75 Å². The maximum absolute atomic E-state index is 10.3. The Balaban J connectivity index is 0.00000130. The van der Waals surface area contributed by atoms with Crippen LogP contribution in [0.25, 0.3) is 11.3 Å². The predicted octanol–water partition coefficient (Wildman–Crippen LogP) is 3.26. The van der Waals surface area contributed by atoms with E-state index in [2.05, 4.69) is 48.6 Å². The SMILES string of the molecule is CC.CN(CCN1CCNc2nnc(-c3ccccc3O)cc21)C1CC2(C1)CN(C1CCNCC1)C2. The summed E-state index contributed by atoms with van der Waals surface area (Å²) in [4.78, 5) is 7.73. The van der Waals surface area contributed by atoms with Crippen molar-refractivity contribution in [3.05, 3.63) is 30.3 Å². The summed E-state index contributed by atoms with van der Waals surface area (Å²) in [5.74, 6) is 1.07. The van der Waals surface area contributed by atoms with E-state index in [1.807, 2.05) is 32.0 Å². The molecule has 3 N–H and O–H groups in total. The molecule has 3 aliphatic heterocycles. The molecule has 6 rings (SSSR count). The van der Waals surface area contributed by atoms with Crippen molar-refractivity contribution < 1.29 is 5.11 Å². The van der Waals surface area contributed by atoms with E-state index in [1.54, 1.807) is 6.07 Å². The number of fused-ring (bicyclic) bond motifs is 1. The molecule has 4 aliphatic rings. The zero-order chi connectivity index (χ0) is 25.1. The first kappa shape index (κ1) is 25.2. The third-order valence-corrected chi connectivity index (χ3v) is 8.55. The summed E-state index contributed by atoms with van der Waals surface area (Å²) in [6.07, 6.45) is 5.35. The van der Waals surface area contributed by atoms with Crippen LogP contribution in [0.15, 0.2) is 30.3 Å². The summed E-state index contributed by atoms with van der Waals surface area (Å²) in [6, 6.07) is 10.9. The van der Waals surface area contributed by atoms with Crippen molar-refractivity contribution in [1.29, 1.82) is 0 Å². The maximum atomic E-state index is 10.3. The molecule has 0 bridgehead atoms. The highest BCUT2D eigenvalue weighted by Crippen LogP contribution is 2.51. The van der Waals surface area contributed by atoms with Crippen LogP contribution in [0.4, 0.5) is 11.5 Å². The van der Waals surface area contributed by atoms with Crippen molar-refractivity contribution in [2.45, 2.75) is 51.6 Å². The molecule has 1 aliphatic carbocycles. The molecule has 8 heteroatoms. The second-order valence-corrected chi connectivity index (χ2v) is 10.8. The quantitative estimate of drug-likeness (QED) is 0.566. The molecule has 3 fully saturated rings. The summed E-state index contributed by atoms with van der Waals surface area (Å²) in [6.45, 7) is 12.9. The van der Waals surface area contributed by atoms with E-state index in [-0.39, 0.29) is 5.75 Å². The summed E-state index contributed by atoms with van der Waals surface area (Å²) in [7, 11) is 2.29. The van der Waals surface area contributed by atoms with E-state index < -0.39 is 0 Å². The molecule has 0 amide bonds. The molecule has 196 valence electrons. The van der Waals surface area contributed by atoms with Gasteiger partial charge in [-0.25, -0.2) is 0 Å². The molecule has 2 aromatic rings. The minimum atomic E-state index is 0.237. The molecular weight excluding hydrogens is 450 g/mol. The lowest BCUT2D eigenvalue weighted by molar-refractivity contribution is -0.124. The van der Waals surface area contributed by atoms with Gasteiger partial charge in [0.05, 0.1) is 11.4 Å². The molecule has 36 heavy (non-hydrogen) atoms. The van der Waals surface area contributed by atoms with E-state index >= 15 is 0 Å². The molecular formula is C28H43N7O. The summed E-state index contributed by atoms with van der Waals surface area (Å²) in [5, 5.41) is 25.9. The van der Waals surface area contributed by atoms with Gasteiger partial charge in [-0.05, 0) is 69.4 Å². The number of likely N-dealkylation sites (N-methyl/N-ethyl adjacent to an activating group) is 1. The van der Waals surface area contributed by atoms with Crippen LogP contribution in [0.3, 0.4) is 0 Å². The highest BCUT2D eigenvalue weighted by molar-refractivity contribution is 5.75. The number of benzene rings is 1. The van der Waals surface area contributed by atoms with E-state index in [9.17, 15) is 5.11 Å². The van der Waals surface area contributed by atoms with Crippen molar-refractivity contribution in [3.8, 4) is 17.0 Å². The van der Waals surface area contributed by atoms with Crippen molar-refractivity contribution in [2.24, 2.45) is 5.41 Å². The van der Waals surface area contributed by atoms with Gasteiger partial charge in [0.15, 0.2) is 5.82 Å². The minimum absolute atomic E-state index is 0.237. The standard InChI is InChI=1S/C26H37N7O.C2H6/c1-31(20-15-26(16-20)17-33(18-26)19-6-8-27-9-7-19)12-13-32-11-10-28-25-23(32)14-22(29-30-25)21-4-2-3-5-24(21)34;1-2/h2-5,14,19-20,27,34H,6-13,15-18H2,1H3,(H,28,30);1-2H3. The van der Waals surface area contributed by atoms with Gasteiger partial charge in [-0.1, -0.05) is 26.0 Å². The van der Waals surface area contributed by atoms with Gasteiger partial charge in [0.1, 0.15) is 5.75 Å². The third-order valence-electron chi connectivity index (χ3n) is 8.55. The van der Waals surface area contributed by atoms with Crippen LogP contribution in [0, 0.1) is 5.41 Å². The molecule has 1 aromatic carbocycles. The Morgan fingerprint density at radius 3 is 2.58 bits per heavy atom. The lowest BCUT2D eigenvalue weighted by atomic mass is 9.59. The highest BCUT2D eigenvalue weighted by atomic mass is 16.3. The second kappa shape index (κ2) is 10.9. The number of nitrogens with zero attached hydrogens (tertiary/aromatic N) is 5. The first-order valence-electron chi connectivity index (χ1n) is 13.9. The van der Waals surface area contributed by atoms with Crippen molar-refractivity contribution in [3.63, 3.8) is 0 Å². The van der Waals surface area contributed by atoms with Gasteiger partial charge in [-0.2, -0.15) is 0 Å². The van der Waals surface area contributed by atoms with Crippen LogP contribution in [-0.4, -0.2) is 96.6 Å². The Morgan fingerprint density at radius 1 is 1.08 bits per heavy atom. The average molecular weight is 494 g/mol. The van der Waals surface area contributed by atoms with Gasteiger partial charge in [0, 0.05) is 56.9 Å². The number of likely N-dealkylation sites (tertiary alicyclic amines) is 1. The molecule has 4 heterocycles. The number of anilines is 2. The Kier molecular flexibility index (Phi) is 7.65. The molecule has 2 saturated heterocycles.